The average Bonchev–Trinajstić information content (AvgIpc) is 2.69. The number of rotatable bonds is 5. The first-order chi connectivity index (χ1) is 14.5. The second kappa shape index (κ2) is 8.85. The summed E-state index contributed by atoms with van der Waals surface area (Å²) in [7, 11) is 3.94. The van der Waals surface area contributed by atoms with E-state index in [0.29, 0.717) is 22.5 Å². The molecule has 31 heavy (non-hydrogen) atoms. The van der Waals surface area contributed by atoms with Gasteiger partial charge in [0.25, 0.3) is 5.91 Å². The standard InChI is InChI=1S/C25H29ClN2O3/c1-15-11-22-18(12-19(15)26)21(29)13-23(31-22)24(30)27-14-20(28(5)6)16-7-9-17(10-8-16)25(2,3)4/h7-13,20H,14H2,1-6H3,(H,27,30)/t20-/m0/s1. The predicted molar refractivity (Wildman–Crippen MR) is 126 cm³/mol. The van der Waals surface area contributed by atoms with Crippen LogP contribution in [0.3, 0.4) is 0 Å². The van der Waals surface area contributed by atoms with Crippen molar-refractivity contribution < 1.29 is 9.21 Å². The number of fused-ring (bicyclic) bond motifs is 1. The third-order valence-electron chi connectivity index (χ3n) is 5.47. The molecule has 3 rings (SSSR count). The molecule has 2 aromatic carbocycles. The zero-order valence-corrected chi connectivity index (χ0v) is 19.6. The second-order valence-corrected chi connectivity index (χ2v) is 9.54. The minimum Gasteiger partial charge on any atom is -0.451 e. The van der Waals surface area contributed by atoms with Gasteiger partial charge in [0, 0.05) is 17.6 Å². The van der Waals surface area contributed by atoms with Crippen LogP contribution < -0.4 is 10.7 Å². The zero-order valence-electron chi connectivity index (χ0n) is 18.9. The summed E-state index contributed by atoms with van der Waals surface area (Å²) < 4.78 is 5.71. The fraction of sp³-hybridized carbons (Fsp3) is 0.360. The number of carbonyl (C=O) groups excluding carboxylic acids is 1. The fourth-order valence-electron chi connectivity index (χ4n) is 3.47. The van der Waals surface area contributed by atoms with Gasteiger partial charge >= 0.3 is 0 Å². The van der Waals surface area contributed by atoms with Crippen LogP contribution in [0.2, 0.25) is 5.02 Å². The molecule has 1 N–H and O–H groups in total. The van der Waals surface area contributed by atoms with Crippen LogP contribution in [0, 0.1) is 6.92 Å². The molecule has 0 spiro atoms. The van der Waals surface area contributed by atoms with Crippen molar-refractivity contribution in [2.45, 2.75) is 39.2 Å². The average molecular weight is 441 g/mol. The molecule has 5 nitrogen and oxygen atoms in total. The van der Waals surface area contributed by atoms with Crippen molar-refractivity contribution in [1.29, 1.82) is 0 Å². The lowest BCUT2D eigenvalue weighted by atomic mass is 9.86. The quantitative estimate of drug-likeness (QED) is 0.600. The van der Waals surface area contributed by atoms with Crippen LogP contribution in [0.25, 0.3) is 11.0 Å². The van der Waals surface area contributed by atoms with Gasteiger partial charge in [-0.1, -0.05) is 56.6 Å². The molecule has 0 aliphatic heterocycles. The van der Waals surface area contributed by atoms with Crippen LogP contribution in [0.1, 0.15) is 54.1 Å². The Morgan fingerprint density at radius 1 is 1.13 bits per heavy atom. The van der Waals surface area contributed by atoms with E-state index < -0.39 is 5.91 Å². The van der Waals surface area contributed by atoms with E-state index in [1.807, 2.05) is 25.9 Å². The topological polar surface area (TPSA) is 62.6 Å². The van der Waals surface area contributed by atoms with Crippen LogP contribution in [0.4, 0.5) is 0 Å². The van der Waals surface area contributed by atoms with Crippen molar-refractivity contribution in [3.05, 3.63) is 80.2 Å². The highest BCUT2D eigenvalue weighted by Crippen LogP contribution is 2.26. The molecule has 0 bridgehead atoms. The van der Waals surface area contributed by atoms with Gasteiger partial charge in [0.05, 0.1) is 11.4 Å². The molecule has 6 heteroatoms. The summed E-state index contributed by atoms with van der Waals surface area (Å²) in [5.74, 6) is -0.440. The van der Waals surface area contributed by atoms with Gasteiger partial charge in [0.15, 0.2) is 11.2 Å². The van der Waals surface area contributed by atoms with Gasteiger partial charge in [-0.25, -0.2) is 0 Å². The van der Waals surface area contributed by atoms with Crippen molar-refractivity contribution in [3.63, 3.8) is 0 Å². The Kier molecular flexibility index (Phi) is 6.58. The SMILES string of the molecule is Cc1cc2oc(C(=O)NC[C@@H](c3ccc(C(C)(C)C)cc3)N(C)C)cc(=O)c2cc1Cl. The molecular formula is C25H29ClN2O3. The fourth-order valence-corrected chi connectivity index (χ4v) is 3.63. The number of benzene rings is 2. The minimum atomic E-state index is -0.426. The van der Waals surface area contributed by atoms with Gasteiger partial charge in [-0.3, -0.25) is 9.59 Å². The summed E-state index contributed by atoms with van der Waals surface area (Å²) in [6, 6.07) is 12.9. The van der Waals surface area contributed by atoms with Crippen molar-refractivity contribution in [2.24, 2.45) is 0 Å². The van der Waals surface area contributed by atoms with Crippen molar-refractivity contribution >= 4 is 28.5 Å². The lowest BCUT2D eigenvalue weighted by Gasteiger charge is -2.26. The Balaban J connectivity index is 1.80. The van der Waals surface area contributed by atoms with Crippen molar-refractivity contribution in [1.82, 2.24) is 10.2 Å². The van der Waals surface area contributed by atoms with Crippen LogP contribution in [-0.2, 0) is 5.41 Å². The summed E-state index contributed by atoms with van der Waals surface area (Å²) >= 11 is 6.10. The van der Waals surface area contributed by atoms with Gasteiger partial charge in [-0.15, -0.1) is 0 Å². The first kappa shape index (κ1) is 23.0. The Hall–Kier alpha value is -2.63. The zero-order chi connectivity index (χ0) is 22.9. The van der Waals surface area contributed by atoms with E-state index >= 15 is 0 Å². The molecule has 1 heterocycles. The van der Waals surface area contributed by atoms with Gasteiger partial charge in [0.1, 0.15) is 5.58 Å². The summed E-state index contributed by atoms with van der Waals surface area (Å²) in [5, 5.41) is 3.75. The smallest absolute Gasteiger partial charge is 0.287 e. The second-order valence-electron chi connectivity index (χ2n) is 9.13. The van der Waals surface area contributed by atoms with E-state index in [0.717, 1.165) is 11.1 Å². The van der Waals surface area contributed by atoms with E-state index in [-0.39, 0.29) is 22.6 Å². The largest absolute Gasteiger partial charge is 0.451 e. The Labute approximate surface area is 188 Å². The van der Waals surface area contributed by atoms with Crippen LogP contribution in [-0.4, -0.2) is 31.4 Å². The molecule has 1 amide bonds. The van der Waals surface area contributed by atoms with Crippen molar-refractivity contribution in [2.75, 3.05) is 20.6 Å². The van der Waals surface area contributed by atoms with Crippen LogP contribution in [0.5, 0.6) is 0 Å². The predicted octanol–water partition coefficient (Wildman–Crippen LogP) is 5.09. The molecule has 0 radical (unpaired) electrons. The lowest BCUT2D eigenvalue weighted by molar-refractivity contribution is 0.0914. The van der Waals surface area contributed by atoms with E-state index in [1.165, 1.54) is 11.6 Å². The summed E-state index contributed by atoms with van der Waals surface area (Å²) in [4.78, 5) is 27.2. The Morgan fingerprint density at radius 3 is 2.35 bits per heavy atom. The van der Waals surface area contributed by atoms with E-state index in [1.54, 1.807) is 12.1 Å². The number of aryl methyl sites for hydroxylation is 1. The highest BCUT2D eigenvalue weighted by atomic mass is 35.5. The molecule has 0 saturated carbocycles. The molecule has 0 saturated heterocycles. The molecule has 0 aliphatic rings. The first-order valence-corrected chi connectivity index (χ1v) is 10.6. The monoisotopic (exact) mass is 440 g/mol. The Bertz CT molecular complexity index is 1160. The van der Waals surface area contributed by atoms with Gasteiger partial charge < -0.3 is 14.6 Å². The van der Waals surface area contributed by atoms with Crippen LogP contribution in [0.15, 0.2) is 51.7 Å². The van der Waals surface area contributed by atoms with Gasteiger partial charge in [-0.2, -0.15) is 0 Å². The van der Waals surface area contributed by atoms with Gasteiger partial charge in [0.2, 0.25) is 0 Å². The minimum absolute atomic E-state index is 0.0141. The number of carbonyl (C=O) groups is 1. The van der Waals surface area contributed by atoms with Gasteiger partial charge in [-0.05, 0) is 55.3 Å². The molecule has 0 fully saturated rings. The highest BCUT2D eigenvalue weighted by molar-refractivity contribution is 6.32. The molecule has 1 atom stereocenters. The Morgan fingerprint density at radius 2 is 1.77 bits per heavy atom. The molecular weight excluding hydrogens is 412 g/mol. The third kappa shape index (κ3) is 5.17. The van der Waals surface area contributed by atoms with E-state index in [2.05, 4.69) is 50.4 Å². The third-order valence-corrected chi connectivity index (χ3v) is 5.88. The normalized spacial score (nSPS) is 12.9. The number of halogens is 1. The number of amides is 1. The molecule has 1 aromatic heterocycles. The van der Waals surface area contributed by atoms with Crippen molar-refractivity contribution in [3.8, 4) is 0 Å². The molecule has 0 aliphatic carbocycles. The summed E-state index contributed by atoms with van der Waals surface area (Å²) in [6.07, 6.45) is 0. The maximum Gasteiger partial charge on any atom is 0.287 e. The summed E-state index contributed by atoms with van der Waals surface area (Å²) in [5.41, 5.74) is 3.27. The molecule has 164 valence electrons. The number of hydrogen-bond donors (Lipinski definition) is 1. The maximum absolute atomic E-state index is 12.7. The lowest BCUT2D eigenvalue weighted by Crippen LogP contribution is -2.34. The highest BCUT2D eigenvalue weighted by Gasteiger charge is 2.20. The van der Waals surface area contributed by atoms with Crippen LogP contribution >= 0.6 is 11.6 Å². The maximum atomic E-state index is 12.7. The summed E-state index contributed by atoms with van der Waals surface area (Å²) in [6.45, 7) is 8.73. The number of nitrogens with zero attached hydrogens (tertiary/aromatic N) is 1. The van der Waals surface area contributed by atoms with E-state index in [4.69, 9.17) is 16.0 Å². The number of hydrogen-bond acceptors (Lipinski definition) is 4. The first-order valence-electron chi connectivity index (χ1n) is 10.3. The molecule has 0 unspecified atom stereocenters. The number of nitrogens with one attached hydrogen (secondary N) is 1. The molecule has 3 aromatic rings. The van der Waals surface area contributed by atoms with E-state index in [9.17, 15) is 9.59 Å². The number of likely N-dealkylation sites (N-methyl/N-ethyl adjacent to an activating group) is 1.